The van der Waals surface area contributed by atoms with Crippen molar-refractivity contribution in [2.75, 3.05) is 12.5 Å². The van der Waals surface area contributed by atoms with Crippen LogP contribution in [-0.2, 0) is 0 Å². The number of aromatic nitrogens is 3. The van der Waals surface area contributed by atoms with Gasteiger partial charge in [-0.05, 0) is 19.1 Å². The molecule has 0 unspecified atom stereocenters. The third-order valence-corrected chi connectivity index (χ3v) is 2.22. The van der Waals surface area contributed by atoms with E-state index in [1.165, 1.54) is 6.33 Å². The fourth-order valence-corrected chi connectivity index (χ4v) is 1.29. The highest BCUT2D eigenvalue weighted by atomic mass is 16.5. The molecule has 0 aromatic carbocycles. The van der Waals surface area contributed by atoms with Gasteiger partial charge in [0.05, 0.1) is 18.5 Å². The van der Waals surface area contributed by atoms with Gasteiger partial charge in [-0.2, -0.15) is 5.10 Å². The molecule has 0 spiro atoms. The second kappa shape index (κ2) is 5.72. The van der Waals surface area contributed by atoms with Crippen molar-refractivity contribution >= 4 is 11.5 Å². The molecular weight excluding hydrogens is 230 g/mol. The normalized spacial score (nSPS) is 11.1. The number of pyridine rings is 1. The SMILES string of the molecule is COc1cc(N/N=C(\C)c2ccccn2)ncn1. The van der Waals surface area contributed by atoms with E-state index in [-0.39, 0.29) is 0 Å². The van der Waals surface area contributed by atoms with Crippen LogP contribution in [0.5, 0.6) is 5.88 Å². The molecule has 0 bridgehead atoms. The zero-order valence-electron chi connectivity index (χ0n) is 10.2. The largest absolute Gasteiger partial charge is 0.481 e. The Kier molecular flexibility index (Phi) is 3.80. The molecule has 0 aliphatic carbocycles. The summed E-state index contributed by atoms with van der Waals surface area (Å²) in [5.74, 6) is 1.05. The average Bonchev–Trinajstić information content (AvgIpc) is 2.46. The molecule has 92 valence electrons. The van der Waals surface area contributed by atoms with E-state index in [9.17, 15) is 0 Å². The van der Waals surface area contributed by atoms with E-state index in [2.05, 4.69) is 25.5 Å². The van der Waals surface area contributed by atoms with E-state index < -0.39 is 0 Å². The minimum Gasteiger partial charge on any atom is -0.481 e. The number of nitrogens with zero attached hydrogens (tertiary/aromatic N) is 4. The number of methoxy groups -OCH3 is 1. The Balaban J connectivity index is 2.10. The van der Waals surface area contributed by atoms with Crippen LogP contribution in [0.15, 0.2) is 41.9 Å². The van der Waals surface area contributed by atoms with Gasteiger partial charge in [-0.25, -0.2) is 9.97 Å². The number of hydrogen-bond donors (Lipinski definition) is 1. The maximum absolute atomic E-state index is 4.99. The predicted octanol–water partition coefficient (Wildman–Crippen LogP) is 1.72. The van der Waals surface area contributed by atoms with Crippen molar-refractivity contribution in [3.63, 3.8) is 0 Å². The Bertz CT molecular complexity index is 541. The van der Waals surface area contributed by atoms with E-state index in [1.807, 2.05) is 25.1 Å². The van der Waals surface area contributed by atoms with Crippen molar-refractivity contribution in [2.24, 2.45) is 5.10 Å². The van der Waals surface area contributed by atoms with Crippen molar-refractivity contribution in [1.82, 2.24) is 15.0 Å². The maximum atomic E-state index is 4.99. The van der Waals surface area contributed by atoms with Gasteiger partial charge in [0.15, 0.2) is 5.82 Å². The molecule has 0 aliphatic rings. The Hall–Kier alpha value is -2.50. The molecule has 2 aromatic heterocycles. The van der Waals surface area contributed by atoms with Crippen LogP contribution in [0.1, 0.15) is 12.6 Å². The second-order valence-electron chi connectivity index (χ2n) is 3.47. The first-order valence-corrected chi connectivity index (χ1v) is 5.37. The quantitative estimate of drug-likeness (QED) is 0.653. The Morgan fingerprint density at radius 2 is 2.17 bits per heavy atom. The summed E-state index contributed by atoms with van der Waals surface area (Å²) in [6.07, 6.45) is 3.13. The van der Waals surface area contributed by atoms with E-state index in [0.717, 1.165) is 11.4 Å². The average molecular weight is 243 g/mol. The van der Waals surface area contributed by atoms with Crippen molar-refractivity contribution in [1.29, 1.82) is 0 Å². The molecule has 0 saturated heterocycles. The van der Waals surface area contributed by atoms with Crippen LogP contribution in [0.25, 0.3) is 0 Å². The first-order valence-electron chi connectivity index (χ1n) is 5.37. The molecular formula is C12H13N5O. The van der Waals surface area contributed by atoms with Gasteiger partial charge >= 0.3 is 0 Å². The van der Waals surface area contributed by atoms with Crippen LogP contribution in [0.2, 0.25) is 0 Å². The summed E-state index contributed by atoms with van der Waals surface area (Å²) in [5, 5.41) is 4.20. The maximum Gasteiger partial charge on any atom is 0.218 e. The molecule has 2 aromatic rings. The lowest BCUT2D eigenvalue weighted by atomic mass is 10.3. The van der Waals surface area contributed by atoms with Gasteiger partial charge < -0.3 is 4.74 Å². The Labute approximate surface area is 105 Å². The molecule has 0 amide bonds. The van der Waals surface area contributed by atoms with Gasteiger partial charge in [0.25, 0.3) is 0 Å². The minimum atomic E-state index is 0.484. The van der Waals surface area contributed by atoms with Crippen LogP contribution < -0.4 is 10.2 Å². The summed E-state index contributed by atoms with van der Waals surface area (Å²) in [6, 6.07) is 7.32. The monoisotopic (exact) mass is 243 g/mol. The molecule has 0 aliphatic heterocycles. The van der Waals surface area contributed by atoms with Gasteiger partial charge in [0, 0.05) is 12.3 Å². The summed E-state index contributed by atoms with van der Waals surface area (Å²) in [5.41, 5.74) is 4.42. The van der Waals surface area contributed by atoms with Crippen LogP contribution in [0.3, 0.4) is 0 Å². The Morgan fingerprint density at radius 1 is 1.28 bits per heavy atom. The standard InChI is InChI=1S/C12H13N5O/c1-9(10-5-3-4-6-13-10)16-17-11-7-12(18-2)15-8-14-11/h3-8H,1-2H3,(H,14,15,17)/b16-9+. The van der Waals surface area contributed by atoms with Gasteiger partial charge in [-0.3, -0.25) is 10.4 Å². The molecule has 0 saturated carbocycles. The van der Waals surface area contributed by atoms with Gasteiger partial charge in [0.1, 0.15) is 6.33 Å². The lowest BCUT2D eigenvalue weighted by molar-refractivity contribution is 0.397. The molecule has 6 nitrogen and oxygen atoms in total. The summed E-state index contributed by atoms with van der Waals surface area (Å²) < 4.78 is 4.99. The van der Waals surface area contributed by atoms with E-state index in [1.54, 1.807) is 19.4 Å². The van der Waals surface area contributed by atoms with Crippen molar-refractivity contribution in [3.8, 4) is 5.88 Å². The fourth-order valence-electron chi connectivity index (χ4n) is 1.29. The topological polar surface area (TPSA) is 72.3 Å². The number of ether oxygens (including phenoxy) is 1. The zero-order chi connectivity index (χ0) is 12.8. The molecule has 0 fully saturated rings. The second-order valence-corrected chi connectivity index (χ2v) is 3.47. The summed E-state index contributed by atoms with van der Waals surface area (Å²) in [6.45, 7) is 1.87. The number of rotatable bonds is 4. The van der Waals surface area contributed by atoms with Gasteiger partial charge in [-0.1, -0.05) is 6.07 Å². The minimum absolute atomic E-state index is 0.484. The molecule has 18 heavy (non-hydrogen) atoms. The highest BCUT2D eigenvalue weighted by Crippen LogP contribution is 2.10. The number of hydrogen-bond acceptors (Lipinski definition) is 6. The molecule has 1 N–H and O–H groups in total. The van der Waals surface area contributed by atoms with Gasteiger partial charge in [-0.15, -0.1) is 0 Å². The third-order valence-electron chi connectivity index (χ3n) is 2.22. The lowest BCUT2D eigenvalue weighted by Crippen LogP contribution is -2.03. The van der Waals surface area contributed by atoms with Crippen LogP contribution >= 0.6 is 0 Å². The predicted molar refractivity (Wildman–Crippen MR) is 68.7 cm³/mol. The molecule has 0 radical (unpaired) electrons. The van der Waals surface area contributed by atoms with Crippen LogP contribution in [0.4, 0.5) is 5.82 Å². The first-order chi connectivity index (χ1) is 8.79. The molecule has 6 heteroatoms. The van der Waals surface area contributed by atoms with E-state index in [4.69, 9.17) is 4.74 Å². The smallest absolute Gasteiger partial charge is 0.218 e. The highest BCUT2D eigenvalue weighted by Gasteiger charge is 1.99. The first kappa shape index (κ1) is 12.0. The van der Waals surface area contributed by atoms with Crippen molar-refractivity contribution < 1.29 is 4.74 Å². The van der Waals surface area contributed by atoms with Crippen molar-refractivity contribution in [2.45, 2.75) is 6.92 Å². The highest BCUT2D eigenvalue weighted by molar-refractivity contribution is 5.97. The van der Waals surface area contributed by atoms with Gasteiger partial charge in [0.2, 0.25) is 5.88 Å². The number of anilines is 1. The molecule has 0 atom stereocenters. The third kappa shape index (κ3) is 3.00. The summed E-state index contributed by atoms with van der Waals surface area (Å²) in [4.78, 5) is 12.1. The van der Waals surface area contributed by atoms with Crippen molar-refractivity contribution in [3.05, 3.63) is 42.5 Å². The molecule has 2 rings (SSSR count). The summed E-state index contributed by atoms with van der Waals surface area (Å²) in [7, 11) is 1.55. The lowest BCUT2D eigenvalue weighted by Gasteiger charge is -2.03. The molecule has 2 heterocycles. The zero-order valence-corrected chi connectivity index (χ0v) is 10.2. The van der Waals surface area contributed by atoms with E-state index >= 15 is 0 Å². The Morgan fingerprint density at radius 3 is 2.89 bits per heavy atom. The van der Waals surface area contributed by atoms with E-state index in [0.29, 0.717) is 11.7 Å². The fraction of sp³-hybridized carbons (Fsp3) is 0.167. The summed E-state index contributed by atoms with van der Waals surface area (Å²) >= 11 is 0. The number of nitrogens with one attached hydrogen (secondary N) is 1. The van der Waals surface area contributed by atoms with Crippen LogP contribution in [-0.4, -0.2) is 27.8 Å². The van der Waals surface area contributed by atoms with Crippen LogP contribution in [0, 0.1) is 0 Å². The number of hydrazone groups is 1.